The lowest BCUT2D eigenvalue weighted by molar-refractivity contribution is 0.102. The third kappa shape index (κ3) is 4.97. The van der Waals surface area contributed by atoms with Crippen LogP contribution >= 0.6 is 11.6 Å². The summed E-state index contributed by atoms with van der Waals surface area (Å²) in [7, 11) is 0. The summed E-state index contributed by atoms with van der Waals surface area (Å²) in [4.78, 5) is 12.4. The largest absolute Gasteiger partial charge is 0.322 e. The molecule has 2 N–H and O–H groups in total. The van der Waals surface area contributed by atoms with Gasteiger partial charge in [-0.1, -0.05) is 60.1 Å². The normalized spacial score (nSPS) is 11.8. The molecule has 0 aliphatic carbocycles. The van der Waals surface area contributed by atoms with Crippen molar-refractivity contribution in [3.63, 3.8) is 0 Å². The number of amides is 1. The average molecular weight is 379 g/mol. The van der Waals surface area contributed by atoms with Gasteiger partial charge in [0.05, 0.1) is 10.6 Å². The van der Waals surface area contributed by atoms with Crippen LogP contribution in [0.3, 0.4) is 0 Å². The molecule has 0 aromatic heterocycles. The van der Waals surface area contributed by atoms with Crippen LogP contribution in [-0.2, 0) is 6.54 Å². The lowest BCUT2D eigenvalue weighted by Gasteiger charge is -2.17. The number of anilines is 1. The van der Waals surface area contributed by atoms with Gasteiger partial charge in [0.25, 0.3) is 5.91 Å². The second-order valence-electron chi connectivity index (χ2n) is 6.59. The maximum absolute atomic E-state index is 12.4. The van der Waals surface area contributed by atoms with Crippen LogP contribution in [0.5, 0.6) is 0 Å². The SMILES string of the molecule is Cc1ccccc1C(C)NCc1cccc(NC(=O)c2ccccc2Cl)c1. The number of benzene rings is 3. The smallest absolute Gasteiger partial charge is 0.257 e. The Balaban J connectivity index is 1.65. The minimum atomic E-state index is -0.209. The molecular formula is C23H23ClN2O. The fourth-order valence-electron chi connectivity index (χ4n) is 3.06. The van der Waals surface area contributed by atoms with E-state index in [0.29, 0.717) is 17.1 Å². The summed E-state index contributed by atoms with van der Waals surface area (Å²) in [6, 6.07) is 23.5. The molecule has 0 aliphatic rings. The molecule has 0 aliphatic heterocycles. The Morgan fingerprint density at radius 3 is 2.52 bits per heavy atom. The van der Waals surface area contributed by atoms with Crippen LogP contribution in [0.2, 0.25) is 5.02 Å². The fraction of sp³-hybridized carbons (Fsp3) is 0.174. The number of rotatable bonds is 6. The van der Waals surface area contributed by atoms with Crippen molar-refractivity contribution >= 4 is 23.2 Å². The van der Waals surface area contributed by atoms with Gasteiger partial charge in [-0.05, 0) is 54.8 Å². The quantitative estimate of drug-likeness (QED) is 0.573. The van der Waals surface area contributed by atoms with E-state index >= 15 is 0 Å². The van der Waals surface area contributed by atoms with Gasteiger partial charge in [-0.15, -0.1) is 0 Å². The Bertz CT molecular complexity index is 939. The average Bonchev–Trinajstić information content (AvgIpc) is 2.67. The minimum Gasteiger partial charge on any atom is -0.322 e. The van der Waals surface area contributed by atoms with Crippen LogP contribution in [0.25, 0.3) is 0 Å². The van der Waals surface area contributed by atoms with Crippen molar-refractivity contribution in [1.29, 1.82) is 0 Å². The van der Waals surface area contributed by atoms with E-state index in [2.05, 4.69) is 48.7 Å². The van der Waals surface area contributed by atoms with Gasteiger partial charge in [0.2, 0.25) is 0 Å². The van der Waals surface area contributed by atoms with Crippen molar-refractivity contribution in [1.82, 2.24) is 5.32 Å². The highest BCUT2D eigenvalue weighted by Crippen LogP contribution is 2.20. The Morgan fingerprint density at radius 2 is 1.74 bits per heavy atom. The van der Waals surface area contributed by atoms with E-state index in [1.165, 1.54) is 11.1 Å². The van der Waals surface area contributed by atoms with E-state index in [4.69, 9.17) is 11.6 Å². The van der Waals surface area contributed by atoms with Crippen LogP contribution in [0.1, 0.15) is 40.0 Å². The number of nitrogens with one attached hydrogen (secondary N) is 2. The van der Waals surface area contributed by atoms with Crippen molar-refractivity contribution in [2.24, 2.45) is 0 Å². The lowest BCUT2D eigenvalue weighted by Crippen LogP contribution is -2.19. The van der Waals surface area contributed by atoms with E-state index < -0.39 is 0 Å². The van der Waals surface area contributed by atoms with Gasteiger partial charge in [-0.2, -0.15) is 0 Å². The zero-order chi connectivity index (χ0) is 19.2. The topological polar surface area (TPSA) is 41.1 Å². The van der Waals surface area contributed by atoms with Gasteiger partial charge in [-0.25, -0.2) is 0 Å². The number of carbonyl (C=O) groups is 1. The molecule has 0 bridgehead atoms. The van der Waals surface area contributed by atoms with Crippen LogP contribution in [0, 0.1) is 6.92 Å². The fourth-order valence-corrected chi connectivity index (χ4v) is 3.28. The maximum Gasteiger partial charge on any atom is 0.257 e. The van der Waals surface area contributed by atoms with Gasteiger partial charge >= 0.3 is 0 Å². The van der Waals surface area contributed by atoms with Crippen molar-refractivity contribution in [2.45, 2.75) is 26.4 Å². The predicted molar refractivity (Wildman–Crippen MR) is 112 cm³/mol. The summed E-state index contributed by atoms with van der Waals surface area (Å²) in [6.07, 6.45) is 0. The molecule has 0 radical (unpaired) electrons. The summed E-state index contributed by atoms with van der Waals surface area (Å²) in [6.45, 7) is 5.00. The zero-order valence-electron chi connectivity index (χ0n) is 15.5. The molecule has 3 rings (SSSR count). The molecule has 1 atom stereocenters. The molecule has 3 nitrogen and oxygen atoms in total. The second kappa shape index (κ2) is 8.85. The first kappa shape index (κ1) is 19.2. The first-order valence-electron chi connectivity index (χ1n) is 8.98. The highest BCUT2D eigenvalue weighted by molar-refractivity contribution is 6.34. The van der Waals surface area contributed by atoms with Crippen LogP contribution in [-0.4, -0.2) is 5.91 Å². The molecule has 0 saturated carbocycles. The zero-order valence-corrected chi connectivity index (χ0v) is 16.3. The molecule has 1 unspecified atom stereocenters. The van der Waals surface area contributed by atoms with Gasteiger partial charge in [0.15, 0.2) is 0 Å². The molecule has 0 saturated heterocycles. The minimum absolute atomic E-state index is 0.209. The van der Waals surface area contributed by atoms with Crippen molar-refractivity contribution in [2.75, 3.05) is 5.32 Å². The molecule has 3 aromatic carbocycles. The highest BCUT2D eigenvalue weighted by atomic mass is 35.5. The summed E-state index contributed by atoms with van der Waals surface area (Å²) in [5.41, 5.74) is 4.89. The Kier molecular flexibility index (Phi) is 6.28. The van der Waals surface area contributed by atoms with Crippen LogP contribution in [0.15, 0.2) is 72.8 Å². The first-order valence-corrected chi connectivity index (χ1v) is 9.36. The van der Waals surface area contributed by atoms with Gasteiger partial charge in [0.1, 0.15) is 0 Å². The maximum atomic E-state index is 12.4. The second-order valence-corrected chi connectivity index (χ2v) is 7.00. The predicted octanol–water partition coefficient (Wildman–Crippen LogP) is 5.75. The van der Waals surface area contributed by atoms with Gasteiger partial charge < -0.3 is 10.6 Å². The van der Waals surface area contributed by atoms with E-state index in [1.54, 1.807) is 24.3 Å². The monoisotopic (exact) mass is 378 g/mol. The third-order valence-electron chi connectivity index (χ3n) is 4.57. The molecule has 1 amide bonds. The molecule has 4 heteroatoms. The number of carbonyl (C=O) groups excluding carboxylic acids is 1. The van der Waals surface area contributed by atoms with Crippen molar-refractivity contribution in [3.8, 4) is 0 Å². The molecule has 0 heterocycles. The molecule has 0 spiro atoms. The summed E-state index contributed by atoms with van der Waals surface area (Å²) >= 11 is 6.10. The number of hydrogen-bond donors (Lipinski definition) is 2. The first-order chi connectivity index (χ1) is 13.0. The van der Waals surface area contributed by atoms with E-state index in [0.717, 1.165) is 11.3 Å². The lowest BCUT2D eigenvalue weighted by atomic mass is 10.0. The van der Waals surface area contributed by atoms with Crippen molar-refractivity contribution < 1.29 is 4.79 Å². The van der Waals surface area contributed by atoms with Crippen LogP contribution < -0.4 is 10.6 Å². The van der Waals surface area contributed by atoms with E-state index in [-0.39, 0.29) is 11.9 Å². The van der Waals surface area contributed by atoms with Gasteiger partial charge in [-0.3, -0.25) is 4.79 Å². The third-order valence-corrected chi connectivity index (χ3v) is 4.90. The van der Waals surface area contributed by atoms with Gasteiger partial charge in [0, 0.05) is 18.3 Å². The molecule has 138 valence electrons. The summed E-state index contributed by atoms with van der Waals surface area (Å²) in [5.74, 6) is -0.209. The molecular weight excluding hydrogens is 356 g/mol. The van der Waals surface area contributed by atoms with Crippen LogP contribution in [0.4, 0.5) is 5.69 Å². The Morgan fingerprint density at radius 1 is 1.00 bits per heavy atom. The number of hydrogen-bond acceptors (Lipinski definition) is 2. The summed E-state index contributed by atoms with van der Waals surface area (Å²) < 4.78 is 0. The summed E-state index contributed by atoms with van der Waals surface area (Å²) in [5, 5.41) is 6.90. The molecule has 0 fully saturated rings. The molecule has 3 aromatic rings. The van der Waals surface area contributed by atoms with E-state index in [1.807, 2.05) is 24.3 Å². The number of aryl methyl sites for hydroxylation is 1. The highest BCUT2D eigenvalue weighted by Gasteiger charge is 2.11. The van der Waals surface area contributed by atoms with E-state index in [9.17, 15) is 4.79 Å². The molecule has 27 heavy (non-hydrogen) atoms. The van der Waals surface area contributed by atoms with Crippen molar-refractivity contribution in [3.05, 3.63) is 100 Å². The standard InChI is InChI=1S/C23H23ClN2O/c1-16-8-3-4-11-20(16)17(2)25-15-18-9-7-10-19(14-18)26-23(27)21-12-5-6-13-22(21)24/h3-14,17,25H,15H2,1-2H3,(H,26,27). The Labute approximate surface area is 165 Å². The number of halogens is 1. The Hall–Kier alpha value is -2.62.